The summed E-state index contributed by atoms with van der Waals surface area (Å²) in [5.74, 6) is -1.25. The number of nitrogens with one attached hydrogen (secondary N) is 1. The van der Waals surface area contributed by atoms with E-state index in [1.165, 1.54) is 6.92 Å². The van der Waals surface area contributed by atoms with E-state index in [9.17, 15) is 20.1 Å². The Morgan fingerprint density at radius 1 is 1.15 bits per heavy atom. The third kappa shape index (κ3) is 1.80. The highest BCUT2D eigenvalue weighted by Gasteiger charge is 2.43. The largest absolute Gasteiger partial charge is 0.480 e. The first-order chi connectivity index (χ1) is 5.95. The lowest BCUT2D eigenvalue weighted by Gasteiger charge is -2.38. The van der Waals surface area contributed by atoms with E-state index in [0.717, 1.165) is 0 Å². The van der Waals surface area contributed by atoms with Gasteiger partial charge in [-0.25, -0.2) is 0 Å². The molecule has 6 heteroatoms. The van der Waals surface area contributed by atoms with Crippen molar-refractivity contribution in [2.45, 2.75) is 37.3 Å². The molecule has 0 aromatic carbocycles. The Morgan fingerprint density at radius 2 is 1.69 bits per heavy atom. The number of aliphatic hydroxyl groups excluding tert-OH is 3. The van der Waals surface area contributed by atoms with Crippen LogP contribution in [0.4, 0.5) is 0 Å². The minimum absolute atomic E-state index is 0.556. The van der Waals surface area contributed by atoms with Crippen LogP contribution in [-0.2, 0) is 4.79 Å². The first-order valence-electron chi connectivity index (χ1n) is 3.98. The fraction of sp³-hybridized carbons (Fsp3) is 0.857. The second-order valence-corrected chi connectivity index (χ2v) is 3.24. The van der Waals surface area contributed by atoms with E-state index in [2.05, 4.69) is 5.32 Å². The number of carboxylic acids is 1. The summed E-state index contributed by atoms with van der Waals surface area (Å²) in [5, 5.41) is 38.8. The van der Waals surface area contributed by atoms with Gasteiger partial charge < -0.3 is 20.4 Å². The molecule has 0 amide bonds. The molecule has 0 aliphatic carbocycles. The molecule has 6 nitrogen and oxygen atoms in total. The maximum absolute atomic E-state index is 10.5. The van der Waals surface area contributed by atoms with Gasteiger partial charge >= 0.3 is 5.97 Å². The van der Waals surface area contributed by atoms with Crippen LogP contribution in [0.2, 0.25) is 0 Å². The van der Waals surface area contributed by atoms with Crippen molar-refractivity contribution in [3.05, 3.63) is 0 Å². The summed E-state index contributed by atoms with van der Waals surface area (Å²) in [6.45, 7) is 1.54. The number of hydrogen-bond donors (Lipinski definition) is 5. The van der Waals surface area contributed by atoms with Crippen LogP contribution in [0.3, 0.4) is 0 Å². The van der Waals surface area contributed by atoms with E-state index in [4.69, 9.17) is 5.11 Å². The van der Waals surface area contributed by atoms with E-state index < -0.39 is 36.4 Å². The number of carbonyl (C=O) groups is 1. The molecule has 0 aromatic heterocycles. The summed E-state index contributed by atoms with van der Waals surface area (Å²) < 4.78 is 0. The van der Waals surface area contributed by atoms with Crippen LogP contribution in [0, 0.1) is 0 Å². The number of hydrogen-bond acceptors (Lipinski definition) is 5. The molecule has 5 N–H and O–H groups in total. The highest BCUT2D eigenvalue weighted by Crippen LogP contribution is 2.15. The molecule has 0 spiro atoms. The van der Waals surface area contributed by atoms with E-state index in [1.807, 2.05) is 0 Å². The predicted octanol–water partition coefficient (Wildman–Crippen LogP) is -2.49. The molecule has 1 saturated heterocycles. The molecule has 1 aliphatic rings. The van der Waals surface area contributed by atoms with Crippen molar-refractivity contribution in [3.63, 3.8) is 0 Å². The molecule has 13 heavy (non-hydrogen) atoms. The van der Waals surface area contributed by atoms with Gasteiger partial charge in [-0.05, 0) is 6.92 Å². The van der Waals surface area contributed by atoms with Gasteiger partial charge in [0.15, 0.2) is 0 Å². The van der Waals surface area contributed by atoms with Crippen LogP contribution in [0.25, 0.3) is 0 Å². The molecule has 0 aromatic rings. The molecule has 0 unspecified atom stereocenters. The third-order valence-electron chi connectivity index (χ3n) is 2.26. The Kier molecular flexibility index (Phi) is 2.87. The van der Waals surface area contributed by atoms with Crippen molar-refractivity contribution in [2.24, 2.45) is 0 Å². The fourth-order valence-corrected chi connectivity index (χ4v) is 1.39. The summed E-state index contributed by atoms with van der Waals surface area (Å²) in [6, 6.07) is -1.78. The Morgan fingerprint density at radius 3 is 2.15 bits per heavy atom. The zero-order valence-corrected chi connectivity index (χ0v) is 7.08. The first-order valence-corrected chi connectivity index (χ1v) is 3.98. The molecular formula is C7H13NO5. The molecule has 0 saturated carbocycles. The van der Waals surface area contributed by atoms with Crippen molar-refractivity contribution < 1.29 is 25.2 Å². The van der Waals surface area contributed by atoms with E-state index in [1.54, 1.807) is 0 Å². The van der Waals surface area contributed by atoms with Crippen LogP contribution in [0.15, 0.2) is 0 Å². The zero-order chi connectivity index (χ0) is 10.2. The number of aliphatic carboxylic acids is 1. The van der Waals surface area contributed by atoms with Crippen LogP contribution < -0.4 is 5.32 Å². The second-order valence-electron chi connectivity index (χ2n) is 3.24. The molecule has 76 valence electrons. The van der Waals surface area contributed by atoms with Crippen LogP contribution >= 0.6 is 0 Å². The average molecular weight is 191 g/mol. The van der Waals surface area contributed by atoms with Gasteiger partial charge in [0.1, 0.15) is 18.2 Å². The minimum Gasteiger partial charge on any atom is -0.480 e. The Hall–Kier alpha value is -0.690. The van der Waals surface area contributed by atoms with Crippen LogP contribution in [-0.4, -0.2) is 56.8 Å². The van der Waals surface area contributed by atoms with Crippen molar-refractivity contribution >= 4 is 5.97 Å². The van der Waals surface area contributed by atoms with E-state index in [-0.39, 0.29) is 0 Å². The molecule has 0 bridgehead atoms. The monoisotopic (exact) mass is 191 g/mol. The lowest BCUT2D eigenvalue weighted by Crippen LogP contribution is -2.66. The Labute approximate surface area is 74.8 Å². The number of aliphatic hydroxyl groups is 3. The smallest absolute Gasteiger partial charge is 0.323 e. The molecule has 1 aliphatic heterocycles. The van der Waals surface area contributed by atoms with Crippen molar-refractivity contribution in [3.8, 4) is 0 Å². The minimum atomic E-state index is -1.48. The normalized spacial score (nSPS) is 46.0. The van der Waals surface area contributed by atoms with E-state index in [0.29, 0.717) is 0 Å². The molecule has 1 heterocycles. The predicted molar refractivity (Wildman–Crippen MR) is 42.0 cm³/mol. The highest BCUT2D eigenvalue weighted by molar-refractivity contribution is 5.74. The maximum atomic E-state index is 10.5. The van der Waals surface area contributed by atoms with Gasteiger partial charge in [-0.15, -0.1) is 0 Å². The Bertz CT molecular complexity index is 209. The summed E-state index contributed by atoms with van der Waals surface area (Å²) in [4.78, 5) is 10.5. The lowest BCUT2D eigenvalue weighted by atomic mass is 9.91. The number of rotatable bonds is 1. The molecule has 1 fully saturated rings. The molecule has 1 rings (SSSR count). The van der Waals surface area contributed by atoms with Gasteiger partial charge in [0.25, 0.3) is 0 Å². The van der Waals surface area contributed by atoms with Gasteiger partial charge in [0, 0.05) is 6.04 Å². The van der Waals surface area contributed by atoms with Gasteiger partial charge in [-0.3, -0.25) is 10.1 Å². The number of piperidine rings is 1. The van der Waals surface area contributed by atoms with Gasteiger partial charge in [-0.2, -0.15) is 0 Å². The summed E-state index contributed by atoms with van der Waals surface area (Å²) in [5.41, 5.74) is 0. The molecule has 0 radical (unpaired) electrons. The number of carboxylic acid groups (broad SMARTS) is 1. The summed E-state index contributed by atoms with van der Waals surface area (Å²) >= 11 is 0. The Balaban J connectivity index is 2.76. The van der Waals surface area contributed by atoms with Gasteiger partial charge in [0.05, 0.1) is 6.10 Å². The average Bonchev–Trinajstić information content (AvgIpc) is 2.07. The standard InChI is InChI=1S/C7H13NO5/c1-2-4(9)6(11)5(10)3(8-2)7(12)13/h2-6,8-11H,1H3,(H,12,13)/t2-,3+,4-,5-,6+/m1/s1. The van der Waals surface area contributed by atoms with Crippen molar-refractivity contribution in [1.29, 1.82) is 0 Å². The van der Waals surface area contributed by atoms with Crippen LogP contribution in [0.1, 0.15) is 6.92 Å². The molecular weight excluding hydrogens is 178 g/mol. The third-order valence-corrected chi connectivity index (χ3v) is 2.26. The maximum Gasteiger partial charge on any atom is 0.323 e. The summed E-state index contributed by atoms with van der Waals surface area (Å²) in [6.07, 6.45) is -4.05. The first kappa shape index (κ1) is 10.4. The lowest BCUT2D eigenvalue weighted by molar-refractivity contribution is -0.156. The second kappa shape index (κ2) is 3.59. The van der Waals surface area contributed by atoms with Gasteiger partial charge in [0.2, 0.25) is 0 Å². The fourth-order valence-electron chi connectivity index (χ4n) is 1.39. The van der Waals surface area contributed by atoms with Crippen molar-refractivity contribution in [2.75, 3.05) is 0 Å². The highest BCUT2D eigenvalue weighted by atomic mass is 16.4. The summed E-state index contributed by atoms with van der Waals surface area (Å²) in [7, 11) is 0. The SMILES string of the molecule is C[C@H]1N[C@H](C(=O)O)[C@@H](O)[C@@H](O)[C@@H]1O. The zero-order valence-electron chi connectivity index (χ0n) is 7.08. The van der Waals surface area contributed by atoms with Crippen LogP contribution in [0.5, 0.6) is 0 Å². The quantitative estimate of drug-likeness (QED) is 0.314. The van der Waals surface area contributed by atoms with Crippen molar-refractivity contribution in [1.82, 2.24) is 5.32 Å². The topological polar surface area (TPSA) is 110 Å². The van der Waals surface area contributed by atoms with Gasteiger partial charge in [-0.1, -0.05) is 0 Å². The molecule has 5 atom stereocenters. The van der Waals surface area contributed by atoms with E-state index >= 15 is 0 Å².